The number of aromatic hydroxyl groups is 1. The van der Waals surface area contributed by atoms with Gasteiger partial charge in [-0.2, -0.15) is 9.97 Å². The molecule has 4 aromatic rings. The van der Waals surface area contributed by atoms with Gasteiger partial charge in [-0.05, 0) is 49.4 Å². The van der Waals surface area contributed by atoms with Crippen LogP contribution >= 0.6 is 0 Å². The molecular formula is C33H30F3N5O4. The standard InChI is InChI=1S/C33H30F3N5O4/c1-3-22-24(35)6-5-17-9-20(42)11-23(25(17)22)28-27(36)29-26(31(37-28)43-2)30(41-14-21-10-19(41)15-44-21)39-32(38-29)45-16-33-7-4-8-40(33)13-18(34)12-33/h1,5-6,9,11,18-19,21,42H,4,7-8,10,12-16H2,2H3/t18-,19-,21-,33+/m1/s1. The van der Waals surface area contributed by atoms with Gasteiger partial charge in [-0.15, -0.1) is 6.42 Å². The van der Waals surface area contributed by atoms with Crippen molar-refractivity contribution in [2.45, 2.75) is 49.5 Å². The number of anilines is 1. The maximum Gasteiger partial charge on any atom is 0.319 e. The van der Waals surface area contributed by atoms with Gasteiger partial charge in [-0.1, -0.05) is 12.0 Å². The number of pyridine rings is 1. The normalized spacial score (nSPS) is 25.8. The van der Waals surface area contributed by atoms with Crippen molar-refractivity contribution in [3.05, 3.63) is 41.5 Å². The molecule has 1 N–H and O–H groups in total. The number of phenolic OH excluding ortho intramolecular Hbond substituents is 1. The Hall–Kier alpha value is -4.34. The van der Waals surface area contributed by atoms with E-state index in [4.69, 9.17) is 25.6 Å². The maximum atomic E-state index is 16.9. The van der Waals surface area contributed by atoms with Gasteiger partial charge in [0, 0.05) is 30.5 Å². The highest BCUT2D eigenvalue weighted by Crippen LogP contribution is 2.45. The average Bonchev–Trinajstić information content (AvgIpc) is 3.81. The number of methoxy groups -OCH3 is 1. The van der Waals surface area contributed by atoms with Crippen LogP contribution < -0.4 is 14.4 Å². The summed E-state index contributed by atoms with van der Waals surface area (Å²) in [6, 6.07) is 5.31. The number of benzene rings is 2. The molecule has 4 aliphatic heterocycles. The van der Waals surface area contributed by atoms with Crippen LogP contribution in [0, 0.1) is 24.0 Å². The number of fused-ring (bicyclic) bond motifs is 5. The second-order valence-corrected chi connectivity index (χ2v) is 12.4. The fourth-order valence-electron chi connectivity index (χ4n) is 7.76. The van der Waals surface area contributed by atoms with E-state index >= 15 is 4.39 Å². The number of alkyl halides is 1. The van der Waals surface area contributed by atoms with E-state index in [1.165, 1.54) is 31.4 Å². The van der Waals surface area contributed by atoms with Crippen LogP contribution in [0.5, 0.6) is 17.6 Å². The monoisotopic (exact) mass is 617 g/mol. The van der Waals surface area contributed by atoms with Gasteiger partial charge in [0.1, 0.15) is 46.8 Å². The van der Waals surface area contributed by atoms with Crippen LogP contribution in [0.1, 0.15) is 31.2 Å². The first-order valence-electron chi connectivity index (χ1n) is 15.1. The molecule has 4 aliphatic rings. The van der Waals surface area contributed by atoms with Gasteiger partial charge in [0.15, 0.2) is 5.82 Å². The van der Waals surface area contributed by atoms with Crippen molar-refractivity contribution in [1.29, 1.82) is 0 Å². The first kappa shape index (κ1) is 28.2. The molecule has 4 atom stereocenters. The Labute approximate surface area is 256 Å². The fraction of sp³-hybridized carbons (Fsp3) is 0.424. The second-order valence-electron chi connectivity index (χ2n) is 12.4. The van der Waals surface area contributed by atoms with Gasteiger partial charge in [0.2, 0.25) is 5.88 Å². The Balaban J connectivity index is 1.33. The molecule has 2 aromatic heterocycles. The van der Waals surface area contributed by atoms with Crippen molar-refractivity contribution in [3.63, 3.8) is 0 Å². The molecule has 0 radical (unpaired) electrons. The minimum Gasteiger partial charge on any atom is -0.508 e. The van der Waals surface area contributed by atoms with Crippen LogP contribution in [0.2, 0.25) is 0 Å². The number of terminal acetylenes is 1. The summed E-state index contributed by atoms with van der Waals surface area (Å²) in [6.07, 6.45) is 7.64. The lowest BCUT2D eigenvalue weighted by Gasteiger charge is -2.31. The molecule has 45 heavy (non-hydrogen) atoms. The largest absolute Gasteiger partial charge is 0.508 e. The summed E-state index contributed by atoms with van der Waals surface area (Å²) in [6.45, 7) is 2.35. The summed E-state index contributed by atoms with van der Waals surface area (Å²) in [5.74, 6) is 1.10. The third-order valence-corrected chi connectivity index (χ3v) is 9.76. The number of aromatic nitrogens is 3. The smallest absolute Gasteiger partial charge is 0.319 e. The molecule has 4 saturated heterocycles. The van der Waals surface area contributed by atoms with Crippen molar-refractivity contribution in [1.82, 2.24) is 19.9 Å². The summed E-state index contributed by atoms with van der Waals surface area (Å²) in [5.41, 5.74) is -0.834. The van der Waals surface area contributed by atoms with Crippen LogP contribution in [0.3, 0.4) is 0 Å². The van der Waals surface area contributed by atoms with Gasteiger partial charge in [0.25, 0.3) is 0 Å². The lowest BCUT2D eigenvalue weighted by Crippen LogP contribution is -2.43. The van der Waals surface area contributed by atoms with Gasteiger partial charge in [0.05, 0.1) is 37.0 Å². The van der Waals surface area contributed by atoms with E-state index in [1.54, 1.807) is 0 Å². The number of ether oxygens (including phenoxy) is 3. The summed E-state index contributed by atoms with van der Waals surface area (Å²) in [4.78, 5) is 18.0. The molecule has 6 heterocycles. The summed E-state index contributed by atoms with van der Waals surface area (Å²) >= 11 is 0. The average molecular weight is 618 g/mol. The van der Waals surface area contributed by atoms with E-state index in [0.29, 0.717) is 37.3 Å². The number of phenols is 1. The topological polar surface area (TPSA) is 93.1 Å². The molecule has 2 bridgehead atoms. The van der Waals surface area contributed by atoms with E-state index in [1.807, 2.05) is 4.90 Å². The van der Waals surface area contributed by atoms with Crippen LogP contribution in [-0.4, -0.2) is 88.8 Å². The van der Waals surface area contributed by atoms with E-state index in [9.17, 15) is 13.9 Å². The minimum absolute atomic E-state index is 0.00843. The Morgan fingerprint density at radius 1 is 1.18 bits per heavy atom. The minimum atomic E-state index is -0.938. The molecule has 12 heteroatoms. The molecule has 0 unspecified atom stereocenters. The van der Waals surface area contributed by atoms with Gasteiger partial charge in [-0.25, -0.2) is 18.2 Å². The predicted molar refractivity (Wildman–Crippen MR) is 160 cm³/mol. The van der Waals surface area contributed by atoms with E-state index < -0.39 is 23.3 Å². The molecule has 2 aromatic carbocycles. The summed E-state index contributed by atoms with van der Waals surface area (Å²) in [5, 5.41) is 11.4. The molecule has 8 rings (SSSR count). The van der Waals surface area contributed by atoms with Crippen molar-refractivity contribution in [3.8, 4) is 41.2 Å². The molecule has 0 saturated carbocycles. The van der Waals surface area contributed by atoms with Crippen molar-refractivity contribution in [2.24, 2.45) is 0 Å². The lowest BCUT2D eigenvalue weighted by atomic mass is 9.95. The highest BCUT2D eigenvalue weighted by molar-refractivity contribution is 6.04. The molecule has 4 fully saturated rings. The Kier molecular flexibility index (Phi) is 6.48. The number of hydrogen-bond acceptors (Lipinski definition) is 9. The van der Waals surface area contributed by atoms with E-state index in [-0.39, 0.29) is 69.5 Å². The zero-order valence-electron chi connectivity index (χ0n) is 24.5. The first-order chi connectivity index (χ1) is 21.8. The first-order valence-corrected chi connectivity index (χ1v) is 15.1. The van der Waals surface area contributed by atoms with Crippen LogP contribution in [0.4, 0.5) is 19.0 Å². The number of morpholine rings is 1. The summed E-state index contributed by atoms with van der Waals surface area (Å²) < 4.78 is 64.0. The third-order valence-electron chi connectivity index (χ3n) is 9.76. The zero-order valence-corrected chi connectivity index (χ0v) is 24.5. The zero-order chi connectivity index (χ0) is 31.0. The maximum absolute atomic E-state index is 16.9. The lowest BCUT2D eigenvalue weighted by molar-refractivity contribution is 0.0984. The van der Waals surface area contributed by atoms with Crippen molar-refractivity contribution < 1.29 is 32.5 Å². The fourth-order valence-corrected chi connectivity index (χ4v) is 7.76. The Morgan fingerprint density at radius 3 is 2.80 bits per heavy atom. The van der Waals surface area contributed by atoms with Crippen molar-refractivity contribution >= 4 is 27.5 Å². The summed E-state index contributed by atoms with van der Waals surface area (Å²) in [7, 11) is 1.41. The number of rotatable bonds is 6. The molecule has 0 amide bonds. The Bertz CT molecular complexity index is 1920. The molecule has 9 nitrogen and oxygen atoms in total. The van der Waals surface area contributed by atoms with Gasteiger partial charge >= 0.3 is 6.01 Å². The number of nitrogens with zero attached hydrogens (tertiary/aromatic N) is 5. The number of hydrogen-bond donors (Lipinski definition) is 1. The van der Waals surface area contributed by atoms with Gasteiger partial charge in [-0.3, -0.25) is 4.90 Å². The van der Waals surface area contributed by atoms with Gasteiger partial charge < -0.3 is 24.2 Å². The highest BCUT2D eigenvalue weighted by Gasteiger charge is 2.49. The molecule has 0 aliphatic carbocycles. The quantitative estimate of drug-likeness (QED) is 0.308. The van der Waals surface area contributed by atoms with Crippen LogP contribution in [0.25, 0.3) is 32.9 Å². The van der Waals surface area contributed by atoms with Crippen LogP contribution in [0.15, 0.2) is 24.3 Å². The molecule has 0 spiro atoms. The third kappa shape index (κ3) is 4.35. The van der Waals surface area contributed by atoms with E-state index in [2.05, 4.69) is 20.8 Å². The van der Waals surface area contributed by atoms with Crippen molar-refractivity contribution in [2.75, 3.05) is 44.9 Å². The second kappa shape index (κ2) is 10.4. The Morgan fingerprint density at radius 2 is 2.04 bits per heavy atom. The molecule has 232 valence electrons. The SMILES string of the molecule is C#Cc1c(F)ccc2cc(O)cc(-c3nc(OC)c4c(N5C[C@H]6C[C@@H]5CO6)nc(OC[C@@]56CCCN5C[C@H](F)C6)nc4c3F)c12. The van der Waals surface area contributed by atoms with E-state index in [0.717, 1.165) is 25.8 Å². The highest BCUT2D eigenvalue weighted by atomic mass is 19.1. The predicted octanol–water partition coefficient (Wildman–Crippen LogP) is 4.75. The van der Waals surface area contributed by atoms with Crippen LogP contribution in [-0.2, 0) is 4.74 Å². The molecular weight excluding hydrogens is 587 g/mol. The number of halogens is 3.